The van der Waals surface area contributed by atoms with Crippen LogP contribution in [0, 0.1) is 6.92 Å². The second kappa shape index (κ2) is 16.5. The lowest BCUT2D eigenvalue weighted by molar-refractivity contribution is -0.140. The van der Waals surface area contributed by atoms with Crippen molar-refractivity contribution < 1.29 is 27.5 Å². The van der Waals surface area contributed by atoms with Gasteiger partial charge in [0.1, 0.15) is 24.1 Å². The van der Waals surface area contributed by atoms with Crippen LogP contribution in [0.2, 0.25) is 0 Å². The molecule has 1 fully saturated rings. The maximum absolute atomic E-state index is 14.8. The molecule has 1 saturated carbocycles. The fraction of sp³-hybridized carbons (Fsp3) is 0.333. The Morgan fingerprint density at radius 1 is 0.796 bits per heavy atom. The Hall–Kier alpha value is -4.83. The maximum Gasteiger partial charge on any atom is 0.264 e. The number of carbonyl (C=O) groups excluding carboxylic acids is 2. The predicted molar refractivity (Wildman–Crippen MR) is 191 cm³/mol. The number of sulfonamides is 1. The first-order valence-corrected chi connectivity index (χ1v) is 18.1. The van der Waals surface area contributed by atoms with Crippen LogP contribution in [0.3, 0.4) is 0 Å². The molecule has 1 unspecified atom stereocenters. The van der Waals surface area contributed by atoms with Gasteiger partial charge >= 0.3 is 0 Å². The molecular weight excluding hydrogens is 639 g/mol. The van der Waals surface area contributed by atoms with Crippen LogP contribution in [-0.2, 0) is 32.6 Å². The van der Waals surface area contributed by atoms with Crippen molar-refractivity contribution in [3.05, 3.63) is 120 Å². The van der Waals surface area contributed by atoms with Crippen molar-refractivity contribution in [2.75, 3.05) is 25.1 Å². The summed E-state index contributed by atoms with van der Waals surface area (Å²) in [6.07, 6.45) is 5.23. The molecule has 0 saturated heterocycles. The molecule has 0 heterocycles. The Kier molecular flexibility index (Phi) is 12.0. The zero-order valence-electron chi connectivity index (χ0n) is 28.4. The van der Waals surface area contributed by atoms with Crippen molar-refractivity contribution in [1.82, 2.24) is 10.2 Å². The number of hydrogen-bond donors (Lipinski definition) is 1. The average molecular weight is 684 g/mol. The minimum atomic E-state index is -4.21. The number of aryl methyl sites for hydroxylation is 1. The summed E-state index contributed by atoms with van der Waals surface area (Å²) in [7, 11) is -1.11. The van der Waals surface area contributed by atoms with Crippen LogP contribution in [-0.4, -0.2) is 58.0 Å². The van der Waals surface area contributed by atoms with Crippen LogP contribution < -0.4 is 19.1 Å². The number of carbonyl (C=O) groups is 2. The van der Waals surface area contributed by atoms with Crippen LogP contribution in [0.15, 0.2) is 108 Å². The third-order valence-corrected chi connectivity index (χ3v) is 10.7. The van der Waals surface area contributed by atoms with E-state index < -0.39 is 28.5 Å². The first-order chi connectivity index (χ1) is 23.7. The van der Waals surface area contributed by atoms with Gasteiger partial charge in [-0.25, -0.2) is 8.42 Å². The molecular formula is C39H45N3O6S. The van der Waals surface area contributed by atoms with Gasteiger partial charge in [0.25, 0.3) is 10.0 Å². The normalized spacial score (nSPS) is 14.0. The predicted octanol–water partition coefficient (Wildman–Crippen LogP) is 6.30. The molecule has 1 aliphatic carbocycles. The van der Waals surface area contributed by atoms with E-state index in [-0.39, 0.29) is 29.8 Å². The number of ether oxygens (including phenoxy) is 2. The average Bonchev–Trinajstić information content (AvgIpc) is 3.13. The molecule has 49 heavy (non-hydrogen) atoms. The summed E-state index contributed by atoms with van der Waals surface area (Å²) in [4.78, 5) is 30.6. The van der Waals surface area contributed by atoms with Gasteiger partial charge in [-0.15, -0.1) is 0 Å². The summed E-state index contributed by atoms with van der Waals surface area (Å²) in [5.41, 5.74) is 2.83. The van der Waals surface area contributed by atoms with Crippen molar-refractivity contribution in [3.63, 3.8) is 0 Å². The van der Waals surface area contributed by atoms with Gasteiger partial charge in [0.15, 0.2) is 0 Å². The van der Waals surface area contributed by atoms with Gasteiger partial charge in [0.05, 0.1) is 24.8 Å². The highest BCUT2D eigenvalue weighted by Gasteiger charge is 2.35. The topological polar surface area (TPSA) is 105 Å². The lowest BCUT2D eigenvalue weighted by Crippen LogP contribution is -2.55. The van der Waals surface area contributed by atoms with Gasteiger partial charge in [0, 0.05) is 19.0 Å². The zero-order valence-corrected chi connectivity index (χ0v) is 29.2. The van der Waals surface area contributed by atoms with E-state index in [2.05, 4.69) is 5.32 Å². The number of methoxy groups -OCH3 is 2. The summed E-state index contributed by atoms with van der Waals surface area (Å²) in [5, 5.41) is 3.24. The molecule has 4 aromatic carbocycles. The van der Waals surface area contributed by atoms with E-state index in [1.54, 1.807) is 43.5 Å². The molecule has 2 amide bonds. The molecule has 0 bridgehead atoms. The molecule has 9 nitrogen and oxygen atoms in total. The second-order valence-corrected chi connectivity index (χ2v) is 14.3. The van der Waals surface area contributed by atoms with Gasteiger partial charge in [0.2, 0.25) is 11.8 Å². The van der Waals surface area contributed by atoms with E-state index in [0.29, 0.717) is 17.2 Å². The Labute approximate surface area is 289 Å². The zero-order chi connectivity index (χ0) is 34.8. The van der Waals surface area contributed by atoms with E-state index in [1.165, 1.54) is 24.1 Å². The lowest BCUT2D eigenvalue weighted by atomic mass is 9.94. The molecule has 0 aromatic heterocycles. The SMILES string of the molecule is COc1ccc(N(CC(=O)N(Cc2cccc(OC)c2)C(Cc2ccccc2)C(=O)NC2CCCCC2)S(=O)(=O)c2ccc(C)cc2)cc1. The van der Waals surface area contributed by atoms with Gasteiger partial charge in [-0.2, -0.15) is 0 Å². The van der Waals surface area contributed by atoms with E-state index >= 15 is 0 Å². The fourth-order valence-corrected chi connectivity index (χ4v) is 7.59. The molecule has 5 rings (SSSR count). The number of amides is 2. The van der Waals surface area contributed by atoms with Gasteiger partial charge < -0.3 is 19.7 Å². The largest absolute Gasteiger partial charge is 0.497 e. The summed E-state index contributed by atoms with van der Waals surface area (Å²) < 4.78 is 40.5. The summed E-state index contributed by atoms with van der Waals surface area (Å²) in [6.45, 7) is 1.41. The van der Waals surface area contributed by atoms with Crippen LogP contribution in [0.25, 0.3) is 0 Å². The van der Waals surface area contributed by atoms with E-state index in [0.717, 1.165) is 53.1 Å². The van der Waals surface area contributed by atoms with Crippen LogP contribution in [0.1, 0.15) is 48.8 Å². The maximum atomic E-state index is 14.8. The Morgan fingerprint density at radius 2 is 1.45 bits per heavy atom. The third-order valence-electron chi connectivity index (χ3n) is 8.96. The molecule has 4 aromatic rings. The number of anilines is 1. The molecule has 0 radical (unpaired) electrons. The highest BCUT2D eigenvalue weighted by atomic mass is 32.2. The number of hydrogen-bond acceptors (Lipinski definition) is 6. The lowest BCUT2D eigenvalue weighted by Gasteiger charge is -2.35. The molecule has 1 atom stereocenters. The van der Waals surface area contributed by atoms with E-state index in [9.17, 15) is 18.0 Å². The quantitative estimate of drug-likeness (QED) is 0.167. The molecule has 1 aliphatic rings. The highest BCUT2D eigenvalue weighted by Crippen LogP contribution is 2.28. The standard InChI is InChI=1S/C39H45N3O6S/c1-29-17-23-36(24-18-29)49(45,46)42(33-19-21-34(47-2)22-20-33)28-38(43)41(27-31-13-10-16-35(25-31)48-3)37(26-30-11-6-4-7-12-30)39(44)40-32-14-8-5-9-15-32/h4,6-7,10-13,16-25,32,37H,5,8-9,14-15,26-28H2,1-3H3,(H,40,44). The van der Waals surface area contributed by atoms with Crippen LogP contribution in [0.5, 0.6) is 11.5 Å². The highest BCUT2D eigenvalue weighted by molar-refractivity contribution is 7.92. The molecule has 0 spiro atoms. The van der Waals surface area contributed by atoms with Gasteiger partial charge in [-0.1, -0.05) is 79.4 Å². The number of nitrogens with one attached hydrogen (secondary N) is 1. The van der Waals surface area contributed by atoms with Crippen molar-refractivity contribution in [3.8, 4) is 11.5 Å². The third kappa shape index (κ3) is 9.20. The molecule has 258 valence electrons. The van der Waals surface area contributed by atoms with Crippen molar-refractivity contribution in [2.24, 2.45) is 0 Å². The van der Waals surface area contributed by atoms with E-state index in [1.807, 2.05) is 61.5 Å². The summed E-state index contributed by atoms with van der Waals surface area (Å²) in [5.74, 6) is 0.376. The first-order valence-electron chi connectivity index (χ1n) is 16.7. The number of rotatable bonds is 14. The van der Waals surface area contributed by atoms with Crippen LogP contribution >= 0.6 is 0 Å². The first kappa shape index (κ1) is 35.5. The van der Waals surface area contributed by atoms with Crippen molar-refractivity contribution in [2.45, 2.75) is 69.0 Å². The Bertz CT molecular complexity index is 1790. The molecule has 1 N–H and O–H groups in total. The Morgan fingerprint density at radius 3 is 2.10 bits per heavy atom. The fourth-order valence-electron chi connectivity index (χ4n) is 6.18. The van der Waals surface area contributed by atoms with Crippen molar-refractivity contribution in [1.29, 1.82) is 0 Å². The molecule has 0 aliphatic heterocycles. The summed E-state index contributed by atoms with van der Waals surface area (Å²) in [6, 6.07) is 29.1. The van der Waals surface area contributed by atoms with Gasteiger partial charge in [-0.3, -0.25) is 13.9 Å². The smallest absolute Gasteiger partial charge is 0.264 e. The summed E-state index contributed by atoms with van der Waals surface area (Å²) >= 11 is 0. The number of nitrogens with zero attached hydrogens (tertiary/aromatic N) is 2. The van der Waals surface area contributed by atoms with E-state index in [4.69, 9.17) is 9.47 Å². The van der Waals surface area contributed by atoms with Gasteiger partial charge in [-0.05, 0) is 79.4 Å². The monoisotopic (exact) mass is 683 g/mol. The second-order valence-electron chi connectivity index (χ2n) is 12.4. The minimum Gasteiger partial charge on any atom is -0.497 e. The molecule has 10 heteroatoms. The van der Waals surface area contributed by atoms with Crippen LogP contribution in [0.4, 0.5) is 5.69 Å². The van der Waals surface area contributed by atoms with Crippen molar-refractivity contribution >= 4 is 27.5 Å². The Balaban J connectivity index is 1.57. The number of benzene rings is 4. The minimum absolute atomic E-state index is 0.0195.